The van der Waals surface area contributed by atoms with Crippen LogP contribution in [0.15, 0.2) is 29.3 Å². The van der Waals surface area contributed by atoms with Crippen molar-refractivity contribution < 1.29 is 8.42 Å². The fraction of sp³-hybridized carbons (Fsp3) is 0.632. The molecule has 1 atom stereocenters. The molecule has 1 heterocycles. The lowest BCUT2D eigenvalue weighted by molar-refractivity contribution is 0.274. The van der Waals surface area contributed by atoms with Crippen LogP contribution in [0.2, 0.25) is 0 Å². The van der Waals surface area contributed by atoms with Crippen molar-refractivity contribution in [2.24, 2.45) is 10.9 Å². The summed E-state index contributed by atoms with van der Waals surface area (Å²) in [4.78, 5) is 4.31. The molecule has 0 aliphatic carbocycles. The van der Waals surface area contributed by atoms with Crippen LogP contribution < -0.4 is 10.6 Å². The van der Waals surface area contributed by atoms with Gasteiger partial charge in [-0.05, 0) is 43.2 Å². The maximum atomic E-state index is 11.6. The molecule has 8 heteroatoms. The molecule has 0 spiro atoms. The third kappa shape index (κ3) is 7.57. The highest BCUT2D eigenvalue weighted by Crippen LogP contribution is 2.18. The van der Waals surface area contributed by atoms with Crippen LogP contribution >= 0.6 is 24.0 Å². The molecule has 1 fully saturated rings. The highest BCUT2D eigenvalue weighted by molar-refractivity contribution is 14.0. The van der Waals surface area contributed by atoms with Crippen LogP contribution in [0.3, 0.4) is 0 Å². The van der Waals surface area contributed by atoms with E-state index in [1.54, 1.807) is 11.4 Å². The summed E-state index contributed by atoms with van der Waals surface area (Å²) in [6.07, 6.45) is 4.09. The van der Waals surface area contributed by atoms with Gasteiger partial charge in [-0.1, -0.05) is 31.2 Å². The molecule has 6 nitrogen and oxygen atoms in total. The normalized spacial score (nSPS) is 17.9. The standard InChI is InChI=1S/C19H32N4O2S.HI/c1-5-16-6-8-18(9-7-16)15(2)22-19(20-3)21-14-17-10-12-23(13-11-17)26(4,24)25;/h6-9,15,17H,5,10-14H2,1-4H3,(H2,20,21,22);1H. The molecule has 27 heavy (non-hydrogen) atoms. The minimum absolute atomic E-state index is 0. The first-order valence-electron chi connectivity index (χ1n) is 9.34. The Hall–Kier alpha value is -0.870. The van der Waals surface area contributed by atoms with Gasteiger partial charge < -0.3 is 10.6 Å². The molecule has 2 rings (SSSR count). The number of benzene rings is 1. The molecule has 1 saturated heterocycles. The molecule has 154 valence electrons. The summed E-state index contributed by atoms with van der Waals surface area (Å²) in [5.74, 6) is 1.24. The van der Waals surface area contributed by atoms with Gasteiger partial charge in [0.25, 0.3) is 0 Å². The van der Waals surface area contributed by atoms with Crippen molar-refractivity contribution in [1.82, 2.24) is 14.9 Å². The lowest BCUT2D eigenvalue weighted by Crippen LogP contribution is -2.44. The van der Waals surface area contributed by atoms with Crippen LogP contribution in [-0.2, 0) is 16.4 Å². The van der Waals surface area contributed by atoms with Crippen molar-refractivity contribution in [1.29, 1.82) is 0 Å². The quantitative estimate of drug-likeness (QED) is 0.352. The first kappa shape index (κ1) is 24.2. The Labute approximate surface area is 181 Å². The molecule has 0 bridgehead atoms. The first-order chi connectivity index (χ1) is 12.3. The molecule has 1 aromatic carbocycles. The third-order valence-electron chi connectivity index (χ3n) is 5.07. The molecule has 0 amide bonds. The maximum absolute atomic E-state index is 11.6. The zero-order valence-corrected chi connectivity index (χ0v) is 19.9. The Morgan fingerprint density at radius 3 is 2.33 bits per heavy atom. The van der Waals surface area contributed by atoms with Gasteiger partial charge in [-0.15, -0.1) is 24.0 Å². The lowest BCUT2D eigenvalue weighted by atomic mass is 9.98. The van der Waals surface area contributed by atoms with Crippen molar-refractivity contribution in [2.45, 2.75) is 39.2 Å². The van der Waals surface area contributed by atoms with E-state index in [0.29, 0.717) is 19.0 Å². The number of nitrogens with one attached hydrogen (secondary N) is 2. The molecule has 0 aromatic heterocycles. The predicted octanol–water partition coefficient (Wildman–Crippen LogP) is 2.76. The van der Waals surface area contributed by atoms with E-state index in [4.69, 9.17) is 0 Å². The minimum atomic E-state index is -3.06. The number of rotatable bonds is 6. The van der Waals surface area contributed by atoms with Crippen LogP contribution in [0.4, 0.5) is 0 Å². The second-order valence-corrected chi connectivity index (χ2v) is 9.00. The van der Waals surface area contributed by atoms with E-state index in [-0.39, 0.29) is 30.0 Å². The number of sulfonamides is 1. The van der Waals surface area contributed by atoms with Crippen LogP contribution in [0.25, 0.3) is 0 Å². The summed E-state index contributed by atoms with van der Waals surface area (Å²) in [6.45, 7) is 6.30. The molecular formula is C19H33IN4O2S. The summed E-state index contributed by atoms with van der Waals surface area (Å²) in [5.41, 5.74) is 2.57. The topological polar surface area (TPSA) is 73.8 Å². The number of guanidine groups is 1. The van der Waals surface area contributed by atoms with Crippen molar-refractivity contribution >= 4 is 40.0 Å². The van der Waals surface area contributed by atoms with E-state index in [1.807, 2.05) is 0 Å². The number of halogens is 1. The van der Waals surface area contributed by atoms with Crippen LogP contribution in [0, 0.1) is 5.92 Å². The lowest BCUT2D eigenvalue weighted by Gasteiger charge is -2.30. The van der Waals surface area contributed by atoms with Gasteiger partial charge in [-0.2, -0.15) is 0 Å². The van der Waals surface area contributed by atoms with E-state index < -0.39 is 10.0 Å². The van der Waals surface area contributed by atoms with Gasteiger partial charge in [0, 0.05) is 26.7 Å². The van der Waals surface area contributed by atoms with Gasteiger partial charge in [0.15, 0.2) is 5.96 Å². The van der Waals surface area contributed by atoms with E-state index >= 15 is 0 Å². The Balaban J connectivity index is 0.00000364. The highest BCUT2D eigenvalue weighted by Gasteiger charge is 2.24. The number of aliphatic imine (C=N–C) groups is 1. The van der Waals surface area contributed by atoms with E-state index in [2.05, 4.69) is 53.7 Å². The number of nitrogens with zero attached hydrogens (tertiary/aromatic N) is 2. The van der Waals surface area contributed by atoms with Gasteiger partial charge in [0.2, 0.25) is 10.0 Å². The highest BCUT2D eigenvalue weighted by atomic mass is 127. The van der Waals surface area contributed by atoms with Gasteiger partial charge in [0.1, 0.15) is 0 Å². The second-order valence-electron chi connectivity index (χ2n) is 7.02. The average Bonchev–Trinajstić information content (AvgIpc) is 2.64. The van der Waals surface area contributed by atoms with Gasteiger partial charge in [-0.25, -0.2) is 12.7 Å². The molecule has 1 aliphatic heterocycles. The Bertz CT molecular complexity index is 699. The van der Waals surface area contributed by atoms with Gasteiger partial charge >= 0.3 is 0 Å². The molecule has 0 radical (unpaired) electrons. The van der Waals surface area contributed by atoms with Gasteiger partial charge in [0.05, 0.1) is 12.3 Å². The van der Waals surface area contributed by atoms with Gasteiger partial charge in [-0.3, -0.25) is 4.99 Å². The van der Waals surface area contributed by atoms with E-state index in [9.17, 15) is 8.42 Å². The Morgan fingerprint density at radius 1 is 1.26 bits per heavy atom. The molecule has 1 aliphatic rings. The smallest absolute Gasteiger partial charge is 0.211 e. The first-order valence-corrected chi connectivity index (χ1v) is 11.2. The third-order valence-corrected chi connectivity index (χ3v) is 6.37. The van der Waals surface area contributed by atoms with Crippen LogP contribution in [-0.4, -0.2) is 51.6 Å². The molecule has 2 N–H and O–H groups in total. The number of piperidine rings is 1. The second kappa shape index (κ2) is 11.2. The molecule has 1 unspecified atom stereocenters. The SMILES string of the molecule is CCc1ccc(C(C)NC(=NC)NCC2CCN(S(C)(=O)=O)CC2)cc1.I. The van der Waals surface area contributed by atoms with Crippen molar-refractivity contribution in [3.05, 3.63) is 35.4 Å². The largest absolute Gasteiger partial charge is 0.356 e. The van der Waals surface area contributed by atoms with Crippen molar-refractivity contribution in [3.8, 4) is 0 Å². The summed E-state index contributed by atoms with van der Waals surface area (Å²) >= 11 is 0. The number of hydrogen-bond donors (Lipinski definition) is 2. The number of aryl methyl sites for hydroxylation is 1. The van der Waals surface area contributed by atoms with Crippen LogP contribution in [0.1, 0.15) is 43.9 Å². The molecule has 0 saturated carbocycles. The summed E-state index contributed by atoms with van der Waals surface area (Å²) in [7, 11) is -1.29. The predicted molar refractivity (Wildman–Crippen MR) is 123 cm³/mol. The fourth-order valence-electron chi connectivity index (χ4n) is 3.21. The zero-order chi connectivity index (χ0) is 19.2. The summed E-state index contributed by atoms with van der Waals surface area (Å²) in [6, 6.07) is 8.81. The number of hydrogen-bond acceptors (Lipinski definition) is 3. The average molecular weight is 508 g/mol. The van der Waals surface area contributed by atoms with E-state index in [1.165, 1.54) is 17.4 Å². The zero-order valence-electron chi connectivity index (χ0n) is 16.7. The summed E-state index contributed by atoms with van der Waals surface area (Å²) < 4.78 is 24.7. The van der Waals surface area contributed by atoms with Crippen molar-refractivity contribution in [2.75, 3.05) is 32.9 Å². The van der Waals surface area contributed by atoms with Crippen molar-refractivity contribution in [3.63, 3.8) is 0 Å². The summed E-state index contributed by atoms with van der Waals surface area (Å²) in [5, 5.41) is 6.81. The van der Waals surface area contributed by atoms with Crippen LogP contribution in [0.5, 0.6) is 0 Å². The fourth-order valence-corrected chi connectivity index (χ4v) is 4.09. The Kier molecular flexibility index (Phi) is 10.0. The van der Waals surface area contributed by atoms with E-state index in [0.717, 1.165) is 31.8 Å². The Morgan fingerprint density at radius 2 is 1.85 bits per heavy atom. The molecular weight excluding hydrogens is 475 g/mol. The molecule has 1 aromatic rings. The monoisotopic (exact) mass is 508 g/mol. The maximum Gasteiger partial charge on any atom is 0.211 e. The minimum Gasteiger partial charge on any atom is -0.356 e.